The fourth-order valence-corrected chi connectivity index (χ4v) is 4.67. The molecule has 0 saturated carbocycles. The molecule has 178 valence electrons. The zero-order chi connectivity index (χ0) is 25.5. The molecule has 4 rings (SSSR count). The summed E-state index contributed by atoms with van der Waals surface area (Å²) in [5, 5.41) is 9.70. The normalized spacial score (nSPS) is 15.9. The Morgan fingerprint density at radius 2 is 1.67 bits per heavy atom. The molecule has 0 bridgehead atoms. The maximum Gasteiger partial charge on any atom is 0.265 e. The molecule has 4 nitrogen and oxygen atoms in total. The van der Waals surface area contributed by atoms with Crippen molar-refractivity contribution in [2.75, 3.05) is 19.0 Å². The minimum absolute atomic E-state index is 0.0871. The van der Waals surface area contributed by atoms with Crippen LogP contribution in [0.25, 0.3) is 10.9 Å². The molecule has 3 aromatic rings. The van der Waals surface area contributed by atoms with Gasteiger partial charge in [-0.15, -0.1) is 0 Å². The first-order chi connectivity index (χ1) is 17.5. The summed E-state index contributed by atoms with van der Waals surface area (Å²) in [4.78, 5) is 5.65. The van der Waals surface area contributed by atoms with Crippen LogP contribution in [0.5, 0.6) is 0 Å². The predicted octanol–water partition coefficient (Wildman–Crippen LogP) is 7.27. The number of benzene rings is 3. The third-order valence-corrected chi connectivity index (χ3v) is 6.46. The molecule has 0 saturated heterocycles. The lowest BCUT2D eigenvalue weighted by atomic mass is 9.79. The van der Waals surface area contributed by atoms with Crippen LogP contribution in [0.15, 0.2) is 108 Å². The van der Waals surface area contributed by atoms with Crippen LogP contribution in [0.1, 0.15) is 35.6 Å². The Bertz CT molecular complexity index is 1350. The number of hydrogen-bond donors (Lipinski definition) is 0. The Kier molecular flexibility index (Phi) is 7.38. The average molecular weight is 472 g/mol. The van der Waals surface area contributed by atoms with Crippen molar-refractivity contribution < 1.29 is 4.74 Å². The highest BCUT2D eigenvalue weighted by atomic mass is 16.5. The van der Waals surface area contributed by atoms with E-state index in [2.05, 4.69) is 55.0 Å². The molecule has 0 amide bonds. The molecule has 1 heterocycles. The smallest absolute Gasteiger partial charge is 0.265 e. The van der Waals surface area contributed by atoms with Crippen molar-refractivity contribution in [2.45, 2.75) is 25.4 Å². The first-order valence-electron chi connectivity index (χ1n) is 12.0. The number of allylic oxidation sites excluding steroid dienone is 3. The molecule has 3 aromatic carbocycles. The molecule has 0 fully saturated rings. The lowest BCUT2D eigenvalue weighted by Crippen LogP contribution is -2.34. The van der Waals surface area contributed by atoms with Crippen molar-refractivity contribution in [2.24, 2.45) is 0 Å². The minimum Gasteiger partial charge on any atom is -0.478 e. The summed E-state index contributed by atoms with van der Waals surface area (Å²) in [6.07, 6.45) is 7.11. The number of hydrogen-bond acceptors (Lipinski definition) is 3. The lowest BCUT2D eigenvalue weighted by molar-refractivity contribution is 0.0348. The van der Waals surface area contributed by atoms with Crippen LogP contribution in [0.3, 0.4) is 0 Å². The number of anilines is 1. The van der Waals surface area contributed by atoms with E-state index in [0.29, 0.717) is 17.8 Å². The third kappa shape index (κ3) is 4.95. The molecular formula is C32H29N3O. The molecule has 0 aromatic heterocycles. The number of rotatable bonds is 6. The summed E-state index contributed by atoms with van der Waals surface area (Å²) in [6.45, 7) is 9.74. The van der Waals surface area contributed by atoms with Crippen LogP contribution in [-0.4, -0.2) is 14.1 Å². The summed E-state index contributed by atoms with van der Waals surface area (Å²) >= 11 is 0. The standard InChI is InChI=1S/C32H29N3O/c1-5-25-20-24(17-19-31(25)35(3)4)16-18-29-21-26(30(23-33)34-2)22-32(36-29,27-12-8-6-9-13-27)28-14-10-7-11-15-28/h6-21H,5,22H2,1,3-4H3/b18-16+,30-26+. The Morgan fingerprint density at radius 3 is 2.19 bits per heavy atom. The van der Waals surface area contributed by atoms with Gasteiger partial charge in [-0.3, -0.25) is 0 Å². The fraction of sp³-hybridized carbons (Fsp3) is 0.188. The number of nitrogens with zero attached hydrogens (tertiary/aromatic N) is 3. The zero-order valence-electron chi connectivity index (χ0n) is 20.9. The summed E-state index contributed by atoms with van der Waals surface area (Å²) in [7, 11) is 4.10. The van der Waals surface area contributed by atoms with Crippen LogP contribution in [0, 0.1) is 17.9 Å². The Labute approximate surface area is 213 Å². The highest BCUT2D eigenvalue weighted by molar-refractivity contribution is 5.62. The van der Waals surface area contributed by atoms with E-state index in [1.165, 1.54) is 11.3 Å². The van der Waals surface area contributed by atoms with E-state index in [-0.39, 0.29) is 5.70 Å². The van der Waals surface area contributed by atoms with Crippen molar-refractivity contribution in [3.8, 4) is 6.07 Å². The lowest BCUT2D eigenvalue weighted by Gasteiger charge is -2.39. The summed E-state index contributed by atoms with van der Waals surface area (Å²) in [5.74, 6) is 0.607. The zero-order valence-corrected chi connectivity index (χ0v) is 20.9. The second-order valence-electron chi connectivity index (χ2n) is 8.95. The molecule has 0 N–H and O–H groups in total. The van der Waals surface area contributed by atoms with E-state index in [4.69, 9.17) is 11.3 Å². The van der Waals surface area contributed by atoms with Gasteiger partial charge in [0.2, 0.25) is 0 Å². The monoisotopic (exact) mass is 471 g/mol. The predicted molar refractivity (Wildman–Crippen MR) is 146 cm³/mol. The van der Waals surface area contributed by atoms with Gasteiger partial charge in [0.05, 0.1) is 12.6 Å². The van der Waals surface area contributed by atoms with Gasteiger partial charge in [0.15, 0.2) is 5.60 Å². The molecule has 0 spiro atoms. The molecule has 0 unspecified atom stereocenters. The van der Waals surface area contributed by atoms with E-state index >= 15 is 0 Å². The van der Waals surface area contributed by atoms with Gasteiger partial charge in [0.1, 0.15) is 5.76 Å². The van der Waals surface area contributed by atoms with Gasteiger partial charge < -0.3 is 9.64 Å². The first kappa shape index (κ1) is 24.6. The Hall–Kier alpha value is -4.54. The van der Waals surface area contributed by atoms with E-state index in [0.717, 1.165) is 23.1 Å². The third-order valence-electron chi connectivity index (χ3n) is 6.46. The second-order valence-corrected chi connectivity index (χ2v) is 8.95. The molecule has 4 heteroatoms. The van der Waals surface area contributed by atoms with Gasteiger partial charge in [0.25, 0.3) is 5.70 Å². The van der Waals surface area contributed by atoms with Gasteiger partial charge in [-0.1, -0.05) is 79.7 Å². The number of aryl methyl sites for hydroxylation is 1. The molecule has 1 aliphatic heterocycles. The first-order valence-corrected chi connectivity index (χ1v) is 12.0. The maximum atomic E-state index is 9.70. The molecule has 0 atom stereocenters. The van der Waals surface area contributed by atoms with Crippen molar-refractivity contribution in [3.05, 3.63) is 142 Å². The fourth-order valence-electron chi connectivity index (χ4n) is 4.67. The highest BCUT2D eigenvalue weighted by Crippen LogP contribution is 2.45. The van der Waals surface area contributed by atoms with Crippen LogP contribution >= 0.6 is 0 Å². The van der Waals surface area contributed by atoms with E-state index in [1.54, 1.807) is 0 Å². The second kappa shape index (κ2) is 10.8. The molecule has 0 radical (unpaired) electrons. The SMILES string of the molecule is [C-]#[N+]/C(C#N)=C1C=C(/C=C/c2ccc(N(C)C)c(CC)c2)OC(c2ccccc2)(c2ccccc2)C\1. The van der Waals surface area contributed by atoms with Crippen molar-refractivity contribution in [3.63, 3.8) is 0 Å². The van der Waals surface area contributed by atoms with Crippen LogP contribution < -0.4 is 4.90 Å². The van der Waals surface area contributed by atoms with Gasteiger partial charge in [-0.2, -0.15) is 0 Å². The topological polar surface area (TPSA) is 40.6 Å². The van der Waals surface area contributed by atoms with Crippen molar-refractivity contribution in [1.82, 2.24) is 0 Å². The largest absolute Gasteiger partial charge is 0.478 e. The Morgan fingerprint density at radius 1 is 1.03 bits per heavy atom. The summed E-state index contributed by atoms with van der Waals surface area (Å²) < 4.78 is 6.78. The van der Waals surface area contributed by atoms with E-state index in [9.17, 15) is 5.26 Å². The van der Waals surface area contributed by atoms with E-state index in [1.807, 2.05) is 78.9 Å². The maximum absolute atomic E-state index is 9.70. The summed E-state index contributed by atoms with van der Waals surface area (Å²) in [5.41, 5.74) is 5.38. The van der Waals surface area contributed by atoms with Crippen LogP contribution in [-0.2, 0) is 16.8 Å². The average Bonchev–Trinajstić information content (AvgIpc) is 2.93. The number of ether oxygens (including phenoxy) is 1. The highest BCUT2D eigenvalue weighted by Gasteiger charge is 2.40. The minimum atomic E-state index is -0.859. The van der Waals surface area contributed by atoms with Gasteiger partial charge in [-0.05, 0) is 47.4 Å². The number of nitriles is 1. The Balaban J connectivity index is 1.84. The van der Waals surface area contributed by atoms with Crippen LogP contribution in [0.4, 0.5) is 5.69 Å². The van der Waals surface area contributed by atoms with E-state index < -0.39 is 5.60 Å². The molecule has 1 aliphatic rings. The molecule has 36 heavy (non-hydrogen) atoms. The quantitative estimate of drug-likeness (QED) is 0.280. The molecule has 0 aliphatic carbocycles. The molecular weight excluding hydrogens is 442 g/mol. The van der Waals surface area contributed by atoms with Gasteiger partial charge in [0, 0.05) is 37.3 Å². The van der Waals surface area contributed by atoms with Crippen LogP contribution in [0.2, 0.25) is 0 Å². The van der Waals surface area contributed by atoms with Crippen molar-refractivity contribution >= 4 is 11.8 Å². The van der Waals surface area contributed by atoms with Crippen molar-refractivity contribution in [1.29, 1.82) is 5.26 Å². The van der Waals surface area contributed by atoms with Gasteiger partial charge >= 0.3 is 0 Å². The summed E-state index contributed by atoms with van der Waals surface area (Å²) in [6, 6.07) is 28.5. The van der Waals surface area contributed by atoms with Gasteiger partial charge in [-0.25, -0.2) is 10.1 Å².